The molecule has 1 aliphatic carbocycles. The molecule has 25 heavy (non-hydrogen) atoms. The zero-order chi connectivity index (χ0) is 16.2. The van der Waals surface area contributed by atoms with Crippen LogP contribution in [0.3, 0.4) is 0 Å². The van der Waals surface area contributed by atoms with Gasteiger partial charge < -0.3 is 10.1 Å². The average Bonchev–Trinajstić information content (AvgIpc) is 3.06. The van der Waals surface area contributed by atoms with Crippen molar-refractivity contribution in [2.75, 3.05) is 32.8 Å². The molecule has 0 radical (unpaired) electrons. The van der Waals surface area contributed by atoms with E-state index in [0.29, 0.717) is 17.5 Å². The second-order valence-corrected chi connectivity index (χ2v) is 6.93. The first kappa shape index (κ1) is 22.8. The Hall–Kier alpha value is -0.260. The van der Waals surface area contributed by atoms with Crippen molar-refractivity contribution in [3.05, 3.63) is 28.5 Å². The molecule has 2 aliphatic rings. The van der Waals surface area contributed by atoms with Gasteiger partial charge in [0.1, 0.15) is 0 Å². The first-order valence-electron chi connectivity index (χ1n) is 8.77. The molecule has 7 heteroatoms. The molecule has 0 amide bonds. The van der Waals surface area contributed by atoms with E-state index in [1.165, 1.54) is 25.7 Å². The smallest absolute Gasteiger partial charge is 0.173 e. The molecule has 0 spiro atoms. The Bertz CT molecular complexity index is 512. The van der Waals surface area contributed by atoms with Gasteiger partial charge in [0, 0.05) is 32.2 Å². The normalized spacial score (nSPS) is 19.8. The number of halogens is 4. The Morgan fingerprint density at radius 1 is 1.24 bits per heavy atom. The quantitative estimate of drug-likeness (QED) is 0.746. The number of nitrogens with one attached hydrogen (secondary N) is 1. The third-order valence-corrected chi connectivity index (χ3v) is 5.32. The van der Waals surface area contributed by atoms with Gasteiger partial charge in [0.15, 0.2) is 11.6 Å². The van der Waals surface area contributed by atoms with Crippen molar-refractivity contribution in [1.82, 2.24) is 10.2 Å². The molecule has 1 aliphatic heterocycles. The van der Waals surface area contributed by atoms with E-state index < -0.39 is 0 Å². The Balaban J connectivity index is 0.00000156. The summed E-state index contributed by atoms with van der Waals surface area (Å²) in [6.07, 6.45) is 5.00. The van der Waals surface area contributed by atoms with Crippen molar-refractivity contribution in [2.24, 2.45) is 5.92 Å². The van der Waals surface area contributed by atoms with Crippen LogP contribution in [0.25, 0.3) is 0 Å². The molecule has 3 nitrogen and oxygen atoms in total. The number of hydrogen-bond donors (Lipinski definition) is 1. The highest BCUT2D eigenvalue weighted by atomic mass is 35.5. The van der Waals surface area contributed by atoms with Gasteiger partial charge in [-0.2, -0.15) is 0 Å². The monoisotopic (exact) mass is 412 g/mol. The van der Waals surface area contributed by atoms with Crippen molar-refractivity contribution in [3.63, 3.8) is 0 Å². The molecule has 0 bridgehead atoms. The molecule has 1 saturated heterocycles. The predicted molar refractivity (Wildman–Crippen MR) is 106 cm³/mol. The Morgan fingerprint density at radius 3 is 2.44 bits per heavy atom. The highest BCUT2D eigenvalue weighted by Crippen LogP contribution is 2.42. The summed E-state index contributed by atoms with van der Waals surface area (Å²) in [6, 6.07) is 3.82. The van der Waals surface area contributed by atoms with Crippen LogP contribution in [-0.2, 0) is 0 Å². The van der Waals surface area contributed by atoms with E-state index in [1.807, 2.05) is 13.0 Å². The third-order valence-electron chi connectivity index (χ3n) is 5.04. The summed E-state index contributed by atoms with van der Waals surface area (Å²) in [5, 5.41) is 3.79. The number of rotatable bonds is 5. The summed E-state index contributed by atoms with van der Waals surface area (Å²) in [5.74, 6) is 0.442. The van der Waals surface area contributed by atoms with Crippen molar-refractivity contribution in [3.8, 4) is 5.75 Å². The van der Waals surface area contributed by atoms with Gasteiger partial charge >= 0.3 is 0 Å². The molecule has 1 N–H and O–H groups in total. The highest BCUT2D eigenvalue weighted by molar-refractivity contribution is 6.32. The molecular weight excluding hydrogens is 386 g/mol. The van der Waals surface area contributed by atoms with Crippen molar-refractivity contribution < 1.29 is 9.13 Å². The van der Waals surface area contributed by atoms with Crippen LogP contribution in [0.2, 0.25) is 5.02 Å². The lowest BCUT2D eigenvalue weighted by Crippen LogP contribution is -2.46. The standard InChI is InChI=1S/C18H26ClFN2O.2ClH/c1-2-23-18-15(19)11-14(12-16(18)20)17(13-5-3-4-6-13)22-9-7-21-8-10-22;;/h11-13,17,21H,2-10H2,1H3;2*1H/t17-;;/m1../s1. The molecular formula is C18H28Cl3FN2O. The van der Waals surface area contributed by atoms with Crippen LogP contribution in [0.15, 0.2) is 12.1 Å². The molecule has 1 saturated carbocycles. The van der Waals surface area contributed by atoms with E-state index in [1.54, 1.807) is 6.07 Å². The van der Waals surface area contributed by atoms with E-state index in [2.05, 4.69) is 10.2 Å². The fourth-order valence-electron chi connectivity index (χ4n) is 4.05. The first-order chi connectivity index (χ1) is 11.2. The SMILES string of the molecule is CCOc1c(F)cc([C@@H](C2CCCC2)N2CCNCC2)cc1Cl.Cl.Cl. The maximum absolute atomic E-state index is 14.5. The van der Waals surface area contributed by atoms with Gasteiger partial charge in [-0.3, -0.25) is 4.90 Å². The summed E-state index contributed by atoms with van der Waals surface area (Å²) in [5.41, 5.74) is 1.00. The van der Waals surface area contributed by atoms with Gasteiger partial charge in [-0.1, -0.05) is 24.4 Å². The highest BCUT2D eigenvalue weighted by Gasteiger charge is 2.32. The molecule has 1 heterocycles. The van der Waals surface area contributed by atoms with E-state index >= 15 is 0 Å². The number of benzene rings is 1. The molecule has 1 aromatic carbocycles. The zero-order valence-electron chi connectivity index (χ0n) is 14.6. The average molecular weight is 414 g/mol. The van der Waals surface area contributed by atoms with Crippen LogP contribution in [0.4, 0.5) is 4.39 Å². The Kier molecular flexibility index (Phi) is 9.83. The van der Waals surface area contributed by atoms with Crippen LogP contribution in [0, 0.1) is 11.7 Å². The maximum Gasteiger partial charge on any atom is 0.173 e. The molecule has 144 valence electrons. The third kappa shape index (κ3) is 5.36. The molecule has 0 aromatic heterocycles. The van der Waals surface area contributed by atoms with Crippen LogP contribution in [0.1, 0.15) is 44.2 Å². The van der Waals surface area contributed by atoms with E-state index in [-0.39, 0.29) is 42.4 Å². The van der Waals surface area contributed by atoms with Gasteiger partial charge in [-0.05, 0) is 43.4 Å². The van der Waals surface area contributed by atoms with E-state index in [0.717, 1.165) is 31.7 Å². The number of ether oxygens (including phenoxy) is 1. The fraction of sp³-hybridized carbons (Fsp3) is 0.667. The summed E-state index contributed by atoms with van der Waals surface area (Å²) < 4.78 is 19.8. The van der Waals surface area contributed by atoms with Gasteiger partial charge in [0.25, 0.3) is 0 Å². The van der Waals surface area contributed by atoms with Crippen molar-refractivity contribution in [2.45, 2.75) is 38.6 Å². The minimum Gasteiger partial charge on any atom is -0.489 e. The predicted octanol–water partition coefficient (Wildman–Crippen LogP) is 4.86. The summed E-state index contributed by atoms with van der Waals surface area (Å²) in [7, 11) is 0. The second-order valence-electron chi connectivity index (χ2n) is 6.52. The summed E-state index contributed by atoms with van der Waals surface area (Å²) >= 11 is 6.31. The number of piperazine rings is 1. The molecule has 1 atom stereocenters. The van der Waals surface area contributed by atoms with Gasteiger partial charge in [0.2, 0.25) is 0 Å². The van der Waals surface area contributed by atoms with Gasteiger partial charge in [-0.15, -0.1) is 24.8 Å². The Labute approximate surface area is 167 Å². The lowest BCUT2D eigenvalue weighted by molar-refractivity contribution is 0.125. The lowest BCUT2D eigenvalue weighted by Gasteiger charge is -2.38. The van der Waals surface area contributed by atoms with Gasteiger partial charge in [-0.25, -0.2) is 4.39 Å². The molecule has 2 fully saturated rings. The molecule has 3 rings (SSSR count). The first-order valence-corrected chi connectivity index (χ1v) is 9.15. The Morgan fingerprint density at radius 2 is 1.88 bits per heavy atom. The van der Waals surface area contributed by atoms with Crippen LogP contribution >= 0.6 is 36.4 Å². The minimum atomic E-state index is -0.340. The topological polar surface area (TPSA) is 24.5 Å². The number of nitrogens with zero attached hydrogens (tertiary/aromatic N) is 1. The fourth-order valence-corrected chi connectivity index (χ4v) is 4.32. The van der Waals surface area contributed by atoms with Gasteiger partial charge in [0.05, 0.1) is 11.6 Å². The number of hydrogen-bond acceptors (Lipinski definition) is 3. The van der Waals surface area contributed by atoms with Crippen molar-refractivity contribution >= 4 is 36.4 Å². The van der Waals surface area contributed by atoms with Crippen LogP contribution in [-0.4, -0.2) is 37.7 Å². The summed E-state index contributed by atoms with van der Waals surface area (Å²) in [4.78, 5) is 2.50. The molecule has 1 aromatic rings. The zero-order valence-corrected chi connectivity index (χ0v) is 17.0. The molecule has 0 unspecified atom stereocenters. The van der Waals surface area contributed by atoms with E-state index in [9.17, 15) is 4.39 Å². The van der Waals surface area contributed by atoms with Crippen molar-refractivity contribution in [1.29, 1.82) is 0 Å². The largest absolute Gasteiger partial charge is 0.489 e. The van der Waals surface area contributed by atoms with E-state index in [4.69, 9.17) is 16.3 Å². The second kappa shape index (κ2) is 10.8. The maximum atomic E-state index is 14.5. The van der Waals surface area contributed by atoms with Crippen LogP contribution < -0.4 is 10.1 Å². The van der Waals surface area contributed by atoms with Crippen LogP contribution in [0.5, 0.6) is 5.75 Å². The minimum absolute atomic E-state index is 0. The summed E-state index contributed by atoms with van der Waals surface area (Å²) in [6.45, 7) is 6.26. The lowest BCUT2D eigenvalue weighted by atomic mass is 9.89.